The number of hydrogen-bond donors (Lipinski definition) is 1. The first-order valence-electron chi connectivity index (χ1n) is 8.96. The van der Waals surface area contributed by atoms with E-state index in [2.05, 4.69) is 12.2 Å². The van der Waals surface area contributed by atoms with Crippen LogP contribution >= 0.6 is 0 Å². The van der Waals surface area contributed by atoms with Crippen LogP contribution < -0.4 is 15.0 Å². The number of carbonyl (C=O) groups excluding carboxylic acids is 2. The smallest absolute Gasteiger partial charge is 0.267 e. The van der Waals surface area contributed by atoms with Gasteiger partial charge >= 0.3 is 0 Å². The van der Waals surface area contributed by atoms with Gasteiger partial charge in [0, 0.05) is 18.7 Å². The number of nitrogens with one attached hydrogen (secondary N) is 1. The molecule has 0 unspecified atom stereocenters. The zero-order chi connectivity index (χ0) is 18.7. The number of fused-ring (bicyclic) bond motifs is 1. The van der Waals surface area contributed by atoms with Gasteiger partial charge in [0.15, 0.2) is 6.10 Å². The molecule has 0 fully saturated rings. The second-order valence-corrected chi connectivity index (χ2v) is 6.48. The van der Waals surface area contributed by atoms with Crippen molar-refractivity contribution < 1.29 is 14.3 Å². The van der Waals surface area contributed by atoms with Gasteiger partial charge in [-0.1, -0.05) is 37.3 Å². The van der Waals surface area contributed by atoms with Gasteiger partial charge in [0.25, 0.3) is 5.91 Å². The topological polar surface area (TPSA) is 58.6 Å². The summed E-state index contributed by atoms with van der Waals surface area (Å²) >= 11 is 0. The molecule has 0 aliphatic carbocycles. The Hall–Kier alpha value is -2.82. The van der Waals surface area contributed by atoms with E-state index in [1.165, 1.54) is 0 Å². The standard InChI is InChI=1S/C21H24N2O3/c1-4-16-9-7-8-14(2)20(16)22-19(24)12-13-23-17-10-5-6-11-18(17)26-15(3)21(23)25/h5-11,15H,4,12-13H2,1-3H3,(H,22,24)/t15-/m0/s1. The summed E-state index contributed by atoms with van der Waals surface area (Å²) in [4.78, 5) is 26.6. The van der Waals surface area contributed by atoms with Crippen molar-refractivity contribution in [1.29, 1.82) is 0 Å². The van der Waals surface area contributed by atoms with E-state index in [0.717, 1.165) is 23.2 Å². The predicted octanol–water partition coefficient (Wildman–Crippen LogP) is 3.70. The highest BCUT2D eigenvalue weighted by Gasteiger charge is 2.31. The minimum atomic E-state index is -0.545. The van der Waals surface area contributed by atoms with Crippen LogP contribution in [0.3, 0.4) is 0 Å². The van der Waals surface area contributed by atoms with Crippen molar-refractivity contribution in [2.75, 3.05) is 16.8 Å². The van der Waals surface area contributed by atoms with E-state index >= 15 is 0 Å². The summed E-state index contributed by atoms with van der Waals surface area (Å²) in [6.45, 7) is 6.10. The van der Waals surface area contributed by atoms with Gasteiger partial charge in [-0.25, -0.2) is 0 Å². The second kappa shape index (κ2) is 7.60. The first-order valence-corrected chi connectivity index (χ1v) is 8.96. The van der Waals surface area contributed by atoms with Crippen LogP contribution in [0.15, 0.2) is 42.5 Å². The van der Waals surface area contributed by atoms with Crippen LogP contribution in [0.25, 0.3) is 0 Å². The lowest BCUT2D eigenvalue weighted by Crippen LogP contribution is -2.45. The molecular formula is C21H24N2O3. The molecular weight excluding hydrogens is 328 g/mol. The fourth-order valence-corrected chi connectivity index (χ4v) is 3.21. The largest absolute Gasteiger partial charge is 0.479 e. The number of benzene rings is 2. The molecule has 2 amide bonds. The monoisotopic (exact) mass is 352 g/mol. The van der Waals surface area contributed by atoms with Gasteiger partial charge in [-0.05, 0) is 43.5 Å². The zero-order valence-electron chi connectivity index (χ0n) is 15.4. The Morgan fingerprint density at radius 1 is 1.19 bits per heavy atom. The highest BCUT2D eigenvalue weighted by atomic mass is 16.5. The first kappa shape index (κ1) is 18.0. The van der Waals surface area contributed by atoms with E-state index in [1.807, 2.05) is 49.4 Å². The van der Waals surface area contributed by atoms with Crippen LogP contribution in [0.1, 0.15) is 31.4 Å². The number of aryl methyl sites for hydroxylation is 2. The molecule has 1 aliphatic rings. The first-order chi connectivity index (χ1) is 12.5. The van der Waals surface area contributed by atoms with Crippen LogP contribution in [0.5, 0.6) is 5.75 Å². The molecule has 0 aromatic heterocycles. The van der Waals surface area contributed by atoms with Crippen LogP contribution in [0.2, 0.25) is 0 Å². The minimum Gasteiger partial charge on any atom is -0.479 e. The second-order valence-electron chi connectivity index (χ2n) is 6.48. The lowest BCUT2D eigenvalue weighted by Gasteiger charge is -2.32. The van der Waals surface area contributed by atoms with Crippen molar-refractivity contribution in [2.45, 2.75) is 39.7 Å². The van der Waals surface area contributed by atoms with Crippen LogP contribution in [-0.4, -0.2) is 24.5 Å². The molecule has 0 saturated carbocycles. The van der Waals surface area contributed by atoms with Gasteiger partial charge in [-0.15, -0.1) is 0 Å². The number of carbonyl (C=O) groups is 2. The Bertz CT molecular complexity index is 832. The Morgan fingerprint density at radius 3 is 2.73 bits per heavy atom. The van der Waals surface area contributed by atoms with E-state index in [9.17, 15) is 9.59 Å². The predicted molar refractivity (Wildman–Crippen MR) is 103 cm³/mol. The van der Waals surface area contributed by atoms with Crippen molar-refractivity contribution in [3.63, 3.8) is 0 Å². The molecule has 1 atom stereocenters. The number of para-hydroxylation sites is 3. The van der Waals surface area contributed by atoms with Crippen LogP contribution in [0.4, 0.5) is 11.4 Å². The number of ether oxygens (including phenoxy) is 1. The molecule has 1 heterocycles. The Balaban J connectivity index is 1.71. The minimum absolute atomic E-state index is 0.0987. The molecule has 3 rings (SSSR count). The highest BCUT2D eigenvalue weighted by Crippen LogP contribution is 2.33. The third kappa shape index (κ3) is 3.57. The summed E-state index contributed by atoms with van der Waals surface area (Å²) in [6, 6.07) is 13.4. The van der Waals surface area contributed by atoms with Gasteiger partial charge < -0.3 is 15.0 Å². The summed E-state index contributed by atoms with van der Waals surface area (Å²) < 4.78 is 5.63. The van der Waals surface area contributed by atoms with Gasteiger partial charge in [-0.3, -0.25) is 9.59 Å². The number of hydrogen-bond acceptors (Lipinski definition) is 3. The molecule has 136 valence electrons. The van der Waals surface area contributed by atoms with E-state index < -0.39 is 6.10 Å². The van der Waals surface area contributed by atoms with Gasteiger partial charge in [0.05, 0.1) is 5.69 Å². The van der Waals surface area contributed by atoms with E-state index in [4.69, 9.17) is 4.74 Å². The molecule has 5 heteroatoms. The zero-order valence-corrected chi connectivity index (χ0v) is 15.4. The number of nitrogens with zero attached hydrogens (tertiary/aromatic N) is 1. The molecule has 0 saturated heterocycles. The normalized spacial score (nSPS) is 16.0. The van der Waals surface area contributed by atoms with Crippen molar-refractivity contribution in [3.05, 3.63) is 53.6 Å². The third-order valence-electron chi connectivity index (χ3n) is 4.64. The Kier molecular flexibility index (Phi) is 5.26. The molecule has 2 aromatic rings. The Labute approximate surface area is 154 Å². The quantitative estimate of drug-likeness (QED) is 0.893. The average molecular weight is 352 g/mol. The van der Waals surface area contributed by atoms with Crippen molar-refractivity contribution >= 4 is 23.2 Å². The third-order valence-corrected chi connectivity index (χ3v) is 4.64. The van der Waals surface area contributed by atoms with Crippen molar-refractivity contribution in [2.24, 2.45) is 0 Å². The molecule has 0 bridgehead atoms. The molecule has 2 aromatic carbocycles. The molecule has 1 aliphatic heterocycles. The maximum absolute atomic E-state index is 12.5. The summed E-state index contributed by atoms with van der Waals surface area (Å²) in [5.41, 5.74) is 3.74. The molecule has 0 spiro atoms. The lowest BCUT2D eigenvalue weighted by molar-refractivity contribution is -0.125. The Morgan fingerprint density at radius 2 is 1.96 bits per heavy atom. The van der Waals surface area contributed by atoms with Gasteiger partial charge in [0.1, 0.15) is 5.75 Å². The highest BCUT2D eigenvalue weighted by molar-refractivity contribution is 6.01. The maximum Gasteiger partial charge on any atom is 0.267 e. The van der Waals surface area contributed by atoms with E-state index in [0.29, 0.717) is 18.0 Å². The summed E-state index contributed by atoms with van der Waals surface area (Å²) in [7, 11) is 0. The number of anilines is 2. The van der Waals surface area contributed by atoms with Gasteiger partial charge in [0.2, 0.25) is 5.91 Å². The number of rotatable bonds is 5. The van der Waals surface area contributed by atoms with Crippen LogP contribution in [0, 0.1) is 6.92 Å². The average Bonchev–Trinajstić information content (AvgIpc) is 2.63. The molecule has 0 radical (unpaired) electrons. The van der Waals surface area contributed by atoms with Crippen molar-refractivity contribution in [1.82, 2.24) is 0 Å². The molecule has 5 nitrogen and oxygen atoms in total. The van der Waals surface area contributed by atoms with E-state index in [-0.39, 0.29) is 18.2 Å². The summed E-state index contributed by atoms with van der Waals surface area (Å²) in [5, 5.41) is 3.01. The summed E-state index contributed by atoms with van der Waals surface area (Å²) in [5.74, 6) is 0.451. The molecule has 26 heavy (non-hydrogen) atoms. The number of amides is 2. The SMILES string of the molecule is CCc1cccc(C)c1NC(=O)CCN1C(=O)[C@H](C)Oc2ccccc21. The van der Waals surface area contributed by atoms with Crippen LogP contribution in [-0.2, 0) is 16.0 Å². The maximum atomic E-state index is 12.5. The van der Waals surface area contributed by atoms with Gasteiger partial charge in [-0.2, -0.15) is 0 Å². The molecule has 1 N–H and O–H groups in total. The fourth-order valence-electron chi connectivity index (χ4n) is 3.21. The summed E-state index contributed by atoms with van der Waals surface area (Å²) in [6.07, 6.45) is 0.532. The lowest BCUT2D eigenvalue weighted by atomic mass is 10.1. The van der Waals surface area contributed by atoms with E-state index in [1.54, 1.807) is 11.8 Å². The fraction of sp³-hybridized carbons (Fsp3) is 0.333. The van der Waals surface area contributed by atoms with Crippen molar-refractivity contribution in [3.8, 4) is 5.75 Å².